The van der Waals surface area contributed by atoms with E-state index >= 15 is 0 Å². The summed E-state index contributed by atoms with van der Waals surface area (Å²) in [6, 6.07) is 5.01. The summed E-state index contributed by atoms with van der Waals surface area (Å²) in [7, 11) is 3.04. The molecule has 27 heavy (non-hydrogen) atoms. The molecule has 1 unspecified atom stereocenters. The summed E-state index contributed by atoms with van der Waals surface area (Å²) < 4.78 is 10.4. The largest absolute Gasteiger partial charge is 0.497 e. The number of hydrogen-bond donors (Lipinski definition) is 2. The molecule has 1 aliphatic heterocycles. The molecule has 1 aromatic carbocycles. The van der Waals surface area contributed by atoms with Crippen LogP contribution in [0.5, 0.6) is 11.5 Å². The molecule has 0 fully saturated rings. The SMILES string of the molecule is COc1cc(NC(=O)C2CC(=O)NC3=C2C(=O)CC(C)(C)C3)cc(OC)c1. The Kier molecular flexibility index (Phi) is 4.95. The minimum absolute atomic E-state index is 0.0437. The van der Waals surface area contributed by atoms with Crippen LogP contribution in [0.25, 0.3) is 0 Å². The standard InChI is InChI=1S/C20H24N2O5/c1-20(2)9-15-18(16(23)10-20)14(8-17(24)22-15)19(25)21-11-5-12(26-3)7-13(6-11)27-4/h5-7,14H,8-10H2,1-4H3,(H,21,25)(H,22,24). The van der Waals surface area contributed by atoms with Crippen LogP contribution >= 0.6 is 0 Å². The van der Waals surface area contributed by atoms with Gasteiger partial charge in [0.05, 0.1) is 20.1 Å². The number of ether oxygens (including phenoxy) is 2. The zero-order valence-electron chi connectivity index (χ0n) is 16.0. The lowest BCUT2D eigenvalue weighted by Crippen LogP contribution is -2.44. The van der Waals surface area contributed by atoms with Crippen molar-refractivity contribution in [2.75, 3.05) is 19.5 Å². The van der Waals surface area contributed by atoms with Gasteiger partial charge in [0.25, 0.3) is 0 Å². The molecule has 1 aromatic rings. The quantitative estimate of drug-likeness (QED) is 0.847. The Hall–Kier alpha value is -2.83. The Morgan fingerprint density at radius 2 is 1.74 bits per heavy atom. The Morgan fingerprint density at radius 1 is 1.11 bits per heavy atom. The van der Waals surface area contributed by atoms with E-state index in [1.54, 1.807) is 18.2 Å². The third-order valence-corrected chi connectivity index (χ3v) is 4.88. The number of methoxy groups -OCH3 is 2. The van der Waals surface area contributed by atoms with Crippen molar-refractivity contribution in [3.8, 4) is 11.5 Å². The van der Waals surface area contributed by atoms with Crippen molar-refractivity contribution in [1.29, 1.82) is 0 Å². The van der Waals surface area contributed by atoms with Crippen molar-refractivity contribution in [3.05, 3.63) is 29.5 Å². The second-order valence-corrected chi connectivity index (χ2v) is 7.73. The molecule has 2 amide bonds. The van der Waals surface area contributed by atoms with Crippen molar-refractivity contribution in [3.63, 3.8) is 0 Å². The topological polar surface area (TPSA) is 93.7 Å². The molecule has 0 saturated heterocycles. The first kappa shape index (κ1) is 18.9. The molecule has 144 valence electrons. The van der Waals surface area contributed by atoms with E-state index in [-0.39, 0.29) is 29.4 Å². The van der Waals surface area contributed by atoms with Gasteiger partial charge in [0.1, 0.15) is 11.5 Å². The second kappa shape index (κ2) is 7.06. The number of amides is 2. The highest BCUT2D eigenvalue weighted by molar-refractivity contribution is 6.09. The monoisotopic (exact) mass is 372 g/mol. The lowest BCUT2D eigenvalue weighted by Gasteiger charge is -2.37. The maximum atomic E-state index is 12.9. The minimum atomic E-state index is -0.797. The van der Waals surface area contributed by atoms with E-state index in [0.29, 0.717) is 41.3 Å². The number of carbonyl (C=O) groups is 3. The van der Waals surface area contributed by atoms with Crippen LogP contribution in [-0.4, -0.2) is 31.8 Å². The number of hydrogen-bond acceptors (Lipinski definition) is 5. The average Bonchev–Trinajstić information content (AvgIpc) is 2.58. The highest BCUT2D eigenvalue weighted by Gasteiger charge is 2.42. The van der Waals surface area contributed by atoms with Gasteiger partial charge in [-0.25, -0.2) is 0 Å². The summed E-state index contributed by atoms with van der Waals surface area (Å²) >= 11 is 0. The van der Waals surface area contributed by atoms with Crippen LogP contribution in [0.2, 0.25) is 0 Å². The smallest absolute Gasteiger partial charge is 0.232 e. The number of benzene rings is 1. The van der Waals surface area contributed by atoms with Crippen molar-refractivity contribution < 1.29 is 23.9 Å². The number of Topliss-reactive ketones (excluding diaryl/α,β-unsaturated/α-hetero) is 1. The van der Waals surface area contributed by atoms with E-state index in [0.717, 1.165) is 0 Å². The Labute approximate surface area is 158 Å². The molecule has 0 bridgehead atoms. The van der Waals surface area contributed by atoms with Gasteiger partial charge in [0, 0.05) is 48.0 Å². The van der Waals surface area contributed by atoms with E-state index < -0.39 is 5.92 Å². The molecule has 7 heteroatoms. The molecule has 2 aliphatic rings. The first-order valence-electron chi connectivity index (χ1n) is 8.82. The molecule has 1 atom stereocenters. The Bertz CT molecular complexity index is 819. The van der Waals surface area contributed by atoms with Crippen LogP contribution in [0.4, 0.5) is 5.69 Å². The van der Waals surface area contributed by atoms with Crippen molar-refractivity contribution in [1.82, 2.24) is 5.32 Å². The van der Waals surface area contributed by atoms with E-state index in [1.807, 2.05) is 13.8 Å². The normalized spacial score (nSPS) is 21.3. The van der Waals surface area contributed by atoms with Gasteiger partial charge in [-0.1, -0.05) is 13.8 Å². The van der Waals surface area contributed by atoms with E-state index in [4.69, 9.17) is 9.47 Å². The number of nitrogens with one attached hydrogen (secondary N) is 2. The van der Waals surface area contributed by atoms with Gasteiger partial charge in [-0.2, -0.15) is 0 Å². The lowest BCUT2D eigenvalue weighted by molar-refractivity contribution is -0.129. The molecule has 0 saturated carbocycles. The predicted octanol–water partition coefficient (Wildman–Crippen LogP) is 2.42. The Balaban J connectivity index is 1.90. The third kappa shape index (κ3) is 3.97. The zero-order valence-corrected chi connectivity index (χ0v) is 16.0. The summed E-state index contributed by atoms with van der Waals surface area (Å²) in [5.41, 5.74) is 1.26. The number of allylic oxidation sites excluding steroid dienone is 1. The Morgan fingerprint density at radius 3 is 2.33 bits per heavy atom. The summed E-state index contributed by atoms with van der Waals surface area (Å²) in [4.78, 5) is 37.7. The van der Waals surface area contributed by atoms with Gasteiger partial charge in [-0.05, 0) is 11.8 Å². The fraction of sp³-hybridized carbons (Fsp3) is 0.450. The summed E-state index contributed by atoms with van der Waals surface area (Å²) in [5, 5.41) is 5.58. The number of ketones is 1. The van der Waals surface area contributed by atoms with Crippen molar-refractivity contribution >= 4 is 23.3 Å². The van der Waals surface area contributed by atoms with Crippen LogP contribution in [-0.2, 0) is 14.4 Å². The van der Waals surface area contributed by atoms with Gasteiger partial charge in [0.15, 0.2) is 5.78 Å². The predicted molar refractivity (Wildman–Crippen MR) is 99.5 cm³/mol. The first-order chi connectivity index (χ1) is 12.7. The molecule has 1 aliphatic carbocycles. The van der Waals surface area contributed by atoms with Crippen LogP contribution in [0.3, 0.4) is 0 Å². The van der Waals surface area contributed by atoms with Crippen LogP contribution < -0.4 is 20.1 Å². The molecule has 1 heterocycles. The molecular formula is C20H24N2O5. The van der Waals surface area contributed by atoms with Gasteiger partial charge < -0.3 is 20.1 Å². The summed E-state index contributed by atoms with van der Waals surface area (Å²) in [6.45, 7) is 3.96. The number of anilines is 1. The second-order valence-electron chi connectivity index (χ2n) is 7.73. The number of rotatable bonds is 4. The molecule has 0 aromatic heterocycles. The molecular weight excluding hydrogens is 348 g/mol. The molecule has 7 nitrogen and oxygen atoms in total. The van der Waals surface area contributed by atoms with Gasteiger partial charge in [-0.3, -0.25) is 14.4 Å². The van der Waals surface area contributed by atoms with E-state index in [1.165, 1.54) is 14.2 Å². The molecule has 2 N–H and O–H groups in total. The molecule has 0 spiro atoms. The maximum Gasteiger partial charge on any atom is 0.232 e. The van der Waals surface area contributed by atoms with E-state index in [9.17, 15) is 14.4 Å². The lowest BCUT2D eigenvalue weighted by atomic mass is 9.71. The van der Waals surface area contributed by atoms with Gasteiger partial charge in [-0.15, -0.1) is 0 Å². The minimum Gasteiger partial charge on any atom is -0.497 e. The fourth-order valence-corrected chi connectivity index (χ4v) is 3.69. The summed E-state index contributed by atoms with van der Waals surface area (Å²) in [5.74, 6) is -0.453. The van der Waals surface area contributed by atoms with Crippen LogP contribution in [0.15, 0.2) is 29.5 Å². The van der Waals surface area contributed by atoms with Crippen molar-refractivity contribution in [2.24, 2.45) is 11.3 Å². The van der Waals surface area contributed by atoms with Crippen molar-refractivity contribution in [2.45, 2.75) is 33.1 Å². The van der Waals surface area contributed by atoms with Crippen LogP contribution in [0.1, 0.15) is 33.1 Å². The maximum absolute atomic E-state index is 12.9. The zero-order chi connectivity index (χ0) is 19.8. The first-order valence-corrected chi connectivity index (χ1v) is 8.82. The van der Waals surface area contributed by atoms with Gasteiger partial charge in [0.2, 0.25) is 11.8 Å². The molecule has 0 radical (unpaired) electrons. The average molecular weight is 372 g/mol. The van der Waals surface area contributed by atoms with Gasteiger partial charge >= 0.3 is 0 Å². The summed E-state index contributed by atoms with van der Waals surface area (Å²) in [6.07, 6.45) is 0.882. The fourth-order valence-electron chi connectivity index (χ4n) is 3.69. The van der Waals surface area contributed by atoms with E-state index in [2.05, 4.69) is 10.6 Å². The van der Waals surface area contributed by atoms with Crippen LogP contribution in [0, 0.1) is 11.3 Å². The highest BCUT2D eigenvalue weighted by Crippen LogP contribution is 2.41. The molecule has 3 rings (SSSR count). The number of carbonyl (C=O) groups excluding carboxylic acids is 3. The third-order valence-electron chi connectivity index (χ3n) is 4.88. The highest BCUT2D eigenvalue weighted by atomic mass is 16.5.